The molecule has 0 saturated carbocycles. The van der Waals surface area contributed by atoms with E-state index in [1.165, 1.54) is 6.07 Å². The zero-order valence-corrected chi connectivity index (χ0v) is 24.5. The van der Waals surface area contributed by atoms with Gasteiger partial charge in [0.15, 0.2) is 8.32 Å². The Morgan fingerprint density at radius 3 is 2.31 bits per heavy atom. The van der Waals surface area contributed by atoms with Crippen molar-refractivity contribution in [1.29, 1.82) is 0 Å². The standard InChI is InChI=1S/C27H38BrFN2O3Si/c1-18(2)35(19(3)4,20(5)6)34-16-10-14-24-30-26(27(28)31(24)17-32-7)25-21(11-8-12-22(25)29)23-13-9-15-33-23/h8-9,11-13,15,18-20H,10,14,16-17H2,1-7H3. The molecule has 0 aliphatic rings. The molecule has 0 amide bonds. The second kappa shape index (κ2) is 12.0. The molecular weight excluding hydrogens is 527 g/mol. The van der Waals surface area contributed by atoms with Crippen LogP contribution in [-0.4, -0.2) is 31.6 Å². The van der Waals surface area contributed by atoms with E-state index >= 15 is 4.39 Å². The van der Waals surface area contributed by atoms with Crippen molar-refractivity contribution in [3.63, 3.8) is 0 Å². The first-order valence-corrected chi connectivity index (χ1v) is 15.3. The summed E-state index contributed by atoms with van der Waals surface area (Å²) in [5.41, 5.74) is 3.24. The van der Waals surface area contributed by atoms with Gasteiger partial charge in [-0.2, -0.15) is 0 Å². The van der Waals surface area contributed by atoms with Gasteiger partial charge in [-0.1, -0.05) is 53.7 Å². The lowest BCUT2D eigenvalue weighted by Crippen LogP contribution is -2.48. The van der Waals surface area contributed by atoms with Crippen molar-refractivity contribution in [3.05, 3.63) is 52.8 Å². The quantitative estimate of drug-likeness (QED) is 0.163. The zero-order chi connectivity index (χ0) is 25.8. The van der Waals surface area contributed by atoms with Crippen LogP contribution in [0.1, 0.15) is 53.8 Å². The Bertz CT molecular complexity index is 1070. The monoisotopic (exact) mass is 564 g/mol. The van der Waals surface area contributed by atoms with Crippen LogP contribution >= 0.6 is 15.9 Å². The highest BCUT2D eigenvalue weighted by atomic mass is 79.9. The third-order valence-corrected chi connectivity index (χ3v) is 13.8. The summed E-state index contributed by atoms with van der Waals surface area (Å²) in [7, 11) is -0.277. The van der Waals surface area contributed by atoms with Crippen LogP contribution in [0.25, 0.3) is 22.6 Å². The average molecular weight is 566 g/mol. The van der Waals surface area contributed by atoms with E-state index in [-0.39, 0.29) is 5.82 Å². The number of imidazole rings is 1. The molecule has 2 aromatic heterocycles. The van der Waals surface area contributed by atoms with Crippen LogP contribution in [-0.2, 0) is 22.3 Å². The minimum Gasteiger partial charge on any atom is -0.464 e. The largest absolute Gasteiger partial charge is 0.464 e. The summed E-state index contributed by atoms with van der Waals surface area (Å²) in [5, 5.41) is 0. The molecule has 3 aromatic rings. The minimum atomic E-state index is -1.92. The van der Waals surface area contributed by atoms with E-state index in [1.54, 1.807) is 25.5 Å². The van der Waals surface area contributed by atoms with Crippen molar-refractivity contribution in [1.82, 2.24) is 9.55 Å². The summed E-state index contributed by atoms with van der Waals surface area (Å²) in [4.78, 5) is 4.88. The molecule has 0 spiro atoms. The van der Waals surface area contributed by atoms with Crippen LogP contribution in [0.3, 0.4) is 0 Å². The number of hydrogen-bond acceptors (Lipinski definition) is 4. The molecule has 0 saturated heterocycles. The van der Waals surface area contributed by atoms with E-state index in [2.05, 4.69) is 57.5 Å². The molecule has 0 N–H and O–H groups in total. The first-order valence-electron chi connectivity index (χ1n) is 12.4. The second-order valence-electron chi connectivity index (χ2n) is 9.92. The van der Waals surface area contributed by atoms with E-state index in [0.29, 0.717) is 63.6 Å². The van der Waals surface area contributed by atoms with Crippen LogP contribution in [0.5, 0.6) is 0 Å². The smallest absolute Gasteiger partial charge is 0.200 e. The zero-order valence-electron chi connectivity index (χ0n) is 21.9. The maximum Gasteiger partial charge on any atom is 0.200 e. The third kappa shape index (κ3) is 5.66. The molecule has 2 heterocycles. The van der Waals surface area contributed by atoms with E-state index < -0.39 is 8.32 Å². The lowest BCUT2D eigenvalue weighted by Gasteiger charge is -2.42. The highest BCUT2D eigenvalue weighted by molar-refractivity contribution is 9.10. The fourth-order valence-corrected chi connectivity index (χ4v) is 11.6. The molecule has 35 heavy (non-hydrogen) atoms. The Hall–Kier alpha value is -1.74. The molecule has 0 bridgehead atoms. The Morgan fingerprint density at radius 2 is 1.74 bits per heavy atom. The molecule has 1 aromatic carbocycles. The topological polar surface area (TPSA) is 49.4 Å². The molecule has 0 radical (unpaired) electrons. The SMILES string of the molecule is COCn1c(CCCO[Si](C(C)C)(C(C)C)C(C)C)nc(-c2c(F)cccc2-c2ccco2)c1Br. The van der Waals surface area contributed by atoms with Gasteiger partial charge in [-0.3, -0.25) is 4.57 Å². The van der Waals surface area contributed by atoms with Gasteiger partial charge in [0.05, 0.1) is 6.26 Å². The Labute approximate surface area is 218 Å². The van der Waals surface area contributed by atoms with E-state index in [1.807, 2.05) is 16.7 Å². The van der Waals surface area contributed by atoms with Crippen LogP contribution in [0.2, 0.25) is 16.6 Å². The van der Waals surface area contributed by atoms with Gasteiger partial charge in [0.25, 0.3) is 0 Å². The van der Waals surface area contributed by atoms with Crippen molar-refractivity contribution >= 4 is 24.2 Å². The number of rotatable bonds is 12. The van der Waals surface area contributed by atoms with E-state index in [9.17, 15) is 0 Å². The van der Waals surface area contributed by atoms with Crippen molar-refractivity contribution < 1.29 is 18.0 Å². The lowest BCUT2D eigenvalue weighted by atomic mass is 10.0. The maximum absolute atomic E-state index is 15.1. The lowest BCUT2D eigenvalue weighted by molar-refractivity contribution is 0.126. The van der Waals surface area contributed by atoms with Gasteiger partial charge >= 0.3 is 0 Å². The van der Waals surface area contributed by atoms with Gasteiger partial charge in [0.2, 0.25) is 0 Å². The summed E-state index contributed by atoms with van der Waals surface area (Å²) < 4.78 is 35.5. The number of nitrogens with zero attached hydrogens (tertiary/aromatic N) is 2. The summed E-state index contributed by atoms with van der Waals surface area (Å²) in [6, 6.07) is 8.60. The Balaban J connectivity index is 1.89. The average Bonchev–Trinajstić information content (AvgIpc) is 3.43. The van der Waals surface area contributed by atoms with Crippen molar-refractivity contribution in [2.75, 3.05) is 13.7 Å². The van der Waals surface area contributed by atoms with Crippen LogP contribution in [0, 0.1) is 5.82 Å². The molecule has 0 fully saturated rings. The highest BCUT2D eigenvalue weighted by Crippen LogP contribution is 2.42. The number of ether oxygens (including phenoxy) is 1. The Kier molecular flexibility index (Phi) is 9.54. The molecule has 0 aliphatic heterocycles. The number of hydrogen-bond donors (Lipinski definition) is 0. The summed E-state index contributed by atoms with van der Waals surface area (Å²) in [6.07, 6.45) is 3.12. The minimum absolute atomic E-state index is 0.316. The van der Waals surface area contributed by atoms with Gasteiger partial charge in [-0.25, -0.2) is 9.37 Å². The van der Waals surface area contributed by atoms with Gasteiger partial charge in [0.1, 0.15) is 34.4 Å². The van der Waals surface area contributed by atoms with Crippen molar-refractivity contribution in [3.8, 4) is 22.6 Å². The number of furan rings is 1. The fourth-order valence-electron chi connectivity index (χ4n) is 5.47. The number of halogens is 2. The van der Waals surface area contributed by atoms with Gasteiger partial charge in [0, 0.05) is 31.3 Å². The normalized spacial score (nSPS) is 12.5. The predicted octanol–water partition coefficient (Wildman–Crippen LogP) is 8.44. The maximum atomic E-state index is 15.1. The van der Waals surface area contributed by atoms with Crippen LogP contribution in [0.4, 0.5) is 4.39 Å². The van der Waals surface area contributed by atoms with Crippen LogP contribution in [0.15, 0.2) is 45.6 Å². The predicted molar refractivity (Wildman–Crippen MR) is 145 cm³/mol. The van der Waals surface area contributed by atoms with Gasteiger partial charge in [-0.05, 0) is 57.2 Å². The molecule has 0 aliphatic carbocycles. The molecule has 3 rings (SSSR count). The first-order chi connectivity index (χ1) is 16.6. The molecule has 0 atom stereocenters. The fraction of sp³-hybridized carbons (Fsp3) is 0.519. The van der Waals surface area contributed by atoms with Crippen LogP contribution < -0.4 is 0 Å². The number of benzene rings is 1. The summed E-state index contributed by atoms with van der Waals surface area (Å²) >= 11 is 3.67. The second-order valence-corrected chi connectivity index (χ2v) is 16.1. The Morgan fingerprint density at radius 1 is 1.06 bits per heavy atom. The summed E-state index contributed by atoms with van der Waals surface area (Å²) in [5.74, 6) is 1.08. The molecule has 8 heteroatoms. The number of methoxy groups -OCH3 is 1. The third-order valence-electron chi connectivity index (χ3n) is 6.88. The molecule has 5 nitrogen and oxygen atoms in total. The van der Waals surface area contributed by atoms with Gasteiger partial charge < -0.3 is 13.6 Å². The van der Waals surface area contributed by atoms with Crippen molar-refractivity contribution in [2.45, 2.75) is 77.7 Å². The van der Waals surface area contributed by atoms with Gasteiger partial charge in [-0.15, -0.1) is 0 Å². The number of aryl methyl sites for hydroxylation is 1. The van der Waals surface area contributed by atoms with Crippen molar-refractivity contribution in [2.24, 2.45) is 0 Å². The summed E-state index contributed by atoms with van der Waals surface area (Å²) in [6.45, 7) is 14.8. The molecular formula is C27H38BrFN2O3Si. The van der Waals surface area contributed by atoms with E-state index in [0.717, 1.165) is 12.2 Å². The number of aromatic nitrogens is 2. The molecule has 0 unspecified atom stereocenters. The highest BCUT2D eigenvalue weighted by Gasteiger charge is 2.44. The van der Waals surface area contributed by atoms with E-state index in [4.69, 9.17) is 18.6 Å². The first kappa shape index (κ1) is 27.8. The molecule has 192 valence electrons.